The van der Waals surface area contributed by atoms with Gasteiger partial charge in [-0.25, -0.2) is 13.1 Å². The van der Waals surface area contributed by atoms with Gasteiger partial charge in [0.25, 0.3) is 0 Å². The van der Waals surface area contributed by atoms with Gasteiger partial charge in [-0.3, -0.25) is 4.98 Å². The maximum atomic E-state index is 12.2. The molecule has 0 aliphatic rings. The first-order valence-corrected chi connectivity index (χ1v) is 8.62. The minimum absolute atomic E-state index is 0.113. The predicted molar refractivity (Wildman–Crippen MR) is 82.3 cm³/mol. The number of sulfonamides is 1. The fourth-order valence-corrected chi connectivity index (χ4v) is 3.83. The molecule has 0 aromatic carbocycles. The molecule has 0 radical (unpaired) electrons. The maximum Gasteiger partial charge on any atom is 0.244 e. The lowest BCUT2D eigenvalue weighted by atomic mass is 10.2. The number of aromatic nitrogens is 1. The fraction of sp³-hybridized carbons (Fsp3) is 0.308. The summed E-state index contributed by atoms with van der Waals surface area (Å²) in [4.78, 5) is 4.03. The third kappa shape index (κ3) is 4.37. The van der Waals surface area contributed by atoms with Crippen LogP contribution in [0.5, 0.6) is 0 Å². The summed E-state index contributed by atoms with van der Waals surface area (Å²) in [6.45, 7) is 0.774. The van der Waals surface area contributed by atoms with Crippen molar-refractivity contribution in [1.29, 1.82) is 0 Å². The highest BCUT2D eigenvalue weighted by molar-refractivity contribution is 9.10. The van der Waals surface area contributed by atoms with Gasteiger partial charge in [-0.1, -0.05) is 0 Å². The zero-order valence-corrected chi connectivity index (χ0v) is 13.9. The Morgan fingerprint density at radius 1 is 1.33 bits per heavy atom. The highest BCUT2D eigenvalue weighted by Gasteiger charge is 2.21. The lowest BCUT2D eigenvalue weighted by Crippen LogP contribution is -2.26. The average Bonchev–Trinajstić information content (AvgIpc) is 2.82. The zero-order chi connectivity index (χ0) is 15.3. The van der Waals surface area contributed by atoms with E-state index in [1.807, 2.05) is 12.1 Å². The smallest absolute Gasteiger partial charge is 0.244 e. The molecular formula is C13H16BrN3O3S. The SMILES string of the molecule is CNCc1cc(S(=O)(=O)NCCc2ccncc2)c(Br)o1. The summed E-state index contributed by atoms with van der Waals surface area (Å²) in [5, 5.41) is 2.90. The van der Waals surface area contributed by atoms with Gasteiger partial charge in [0.15, 0.2) is 4.67 Å². The molecule has 0 unspecified atom stereocenters. The van der Waals surface area contributed by atoms with Crippen molar-refractivity contribution >= 4 is 26.0 Å². The van der Waals surface area contributed by atoms with E-state index in [2.05, 4.69) is 31.0 Å². The van der Waals surface area contributed by atoms with E-state index in [-0.39, 0.29) is 9.56 Å². The van der Waals surface area contributed by atoms with Crippen molar-refractivity contribution in [3.63, 3.8) is 0 Å². The highest BCUT2D eigenvalue weighted by Crippen LogP contribution is 2.25. The van der Waals surface area contributed by atoms with Gasteiger partial charge in [0.1, 0.15) is 10.7 Å². The van der Waals surface area contributed by atoms with E-state index < -0.39 is 10.0 Å². The first kappa shape index (κ1) is 16.2. The van der Waals surface area contributed by atoms with Crippen molar-refractivity contribution in [2.24, 2.45) is 0 Å². The highest BCUT2D eigenvalue weighted by atomic mass is 79.9. The summed E-state index contributed by atoms with van der Waals surface area (Å²) in [6.07, 6.45) is 3.96. The molecule has 0 atom stereocenters. The number of hydrogen-bond acceptors (Lipinski definition) is 5. The summed E-state index contributed by atoms with van der Waals surface area (Å²) < 4.78 is 32.6. The number of nitrogens with one attached hydrogen (secondary N) is 2. The summed E-state index contributed by atoms with van der Waals surface area (Å²) in [6, 6.07) is 5.22. The van der Waals surface area contributed by atoms with E-state index in [1.165, 1.54) is 6.07 Å². The quantitative estimate of drug-likeness (QED) is 0.771. The lowest BCUT2D eigenvalue weighted by molar-refractivity contribution is 0.470. The molecule has 2 rings (SSSR count). The maximum absolute atomic E-state index is 12.2. The number of halogens is 1. The van der Waals surface area contributed by atoms with Gasteiger partial charge < -0.3 is 9.73 Å². The number of hydrogen-bond donors (Lipinski definition) is 2. The van der Waals surface area contributed by atoms with Crippen molar-refractivity contribution in [3.05, 3.63) is 46.6 Å². The molecule has 0 saturated carbocycles. The summed E-state index contributed by atoms with van der Waals surface area (Å²) in [5.41, 5.74) is 1.02. The lowest BCUT2D eigenvalue weighted by Gasteiger charge is -2.05. The Morgan fingerprint density at radius 3 is 2.71 bits per heavy atom. The van der Waals surface area contributed by atoms with E-state index in [0.717, 1.165) is 5.56 Å². The second-order valence-corrected chi connectivity index (χ2v) is 6.84. The molecule has 0 aliphatic carbocycles. The van der Waals surface area contributed by atoms with E-state index in [4.69, 9.17) is 4.42 Å². The van der Waals surface area contributed by atoms with Crippen LogP contribution in [-0.2, 0) is 23.0 Å². The molecule has 6 nitrogen and oxygen atoms in total. The third-order valence-corrected chi connectivity index (χ3v) is 5.12. The Bertz CT molecular complexity index is 686. The number of nitrogens with zero attached hydrogens (tertiary/aromatic N) is 1. The van der Waals surface area contributed by atoms with Crippen LogP contribution in [0.2, 0.25) is 0 Å². The van der Waals surface area contributed by atoms with Crippen LogP contribution in [0.15, 0.2) is 44.6 Å². The van der Waals surface area contributed by atoms with Crippen molar-refractivity contribution in [2.45, 2.75) is 17.9 Å². The van der Waals surface area contributed by atoms with Crippen molar-refractivity contribution in [1.82, 2.24) is 15.0 Å². The van der Waals surface area contributed by atoms with E-state index in [1.54, 1.807) is 19.4 Å². The molecule has 0 bridgehead atoms. The van der Waals surface area contributed by atoms with Crippen molar-refractivity contribution < 1.29 is 12.8 Å². The average molecular weight is 374 g/mol. The van der Waals surface area contributed by atoms with Crippen LogP contribution < -0.4 is 10.0 Å². The van der Waals surface area contributed by atoms with Crippen LogP contribution in [-0.4, -0.2) is 27.0 Å². The molecule has 0 aliphatic heterocycles. The van der Waals surface area contributed by atoms with Crippen LogP contribution in [0.4, 0.5) is 0 Å². The van der Waals surface area contributed by atoms with Crippen molar-refractivity contribution in [2.75, 3.05) is 13.6 Å². The van der Waals surface area contributed by atoms with Crippen LogP contribution in [0, 0.1) is 0 Å². The second-order valence-electron chi connectivity index (χ2n) is 4.38. The molecule has 114 valence electrons. The van der Waals surface area contributed by atoms with E-state index in [9.17, 15) is 8.42 Å². The zero-order valence-electron chi connectivity index (χ0n) is 11.5. The largest absolute Gasteiger partial charge is 0.452 e. The summed E-state index contributed by atoms with van der Waals surface area (Å²) in [5.74, 6) is 0.555. The first-order valence-electron chi connectivity index (χ1n) is 6.34. The Kier molecular flexibility index (Phi) is 5.51. The van der Waals surface area contributed by atoms with Gasteiger partial charge in [-0.2, -0.15) is 0 Å². The Hall–Kier alpha value is -1.22. The first-order chi connectivity index (χ1) is 10.0. The molecule has 0 spiro atoms. The molecule has 0 amide bonds. The Morgan fingerprint density at radius 2 is 2.05 bits per heavy atom. The number of furan rings is 1. The Labute approximate surface area is 132 Å². The van der Waals surface area contributed by atoms with Gasteiger partial charge in [-0.05, 0) is 47.1 Å². The standard InChI is InChI=1S/C13H16BrN3O3S/c1-15-9-11-8-12(13(14)20-11)21(18,19)17-7-4-10-2-5-16-6-3-10/h2-3,5-6,8,15,17H,4,7,9H2,1H3. The Balaban J connectivity index is 2.01. The molecule has 0 fully saturated rings. The van der Waals surface area contributed by atoms with Gasteiger partial charge in [0.05, 0.1) is 6.54 Å². The molecule has 21 heavy (non-hydrogen) atoms. The van der Waals surface area contributed by atoms with Crippen LogP contribution in [0.1, 0.15) is 11.3 Å². The fourth-order valence-electron chi connectivity index (χ4n) is 1.80. The van der Waals surface area contributed by atoms with E-state index in [0.29, 0.717) is 25.3 Å². The molecule has 0 saturated heterocycles. The van der Waals surface area contributed by atoms with Gasteiger partial charge in [0, 0.05) is 25.0 Å². The van der Waals surface area contributed by atoms with Crippen molar-refractivity contribution in [3.8, 4) is 0 Å². The predicted octanol–water partition coefficient (Wildman–Crippen LogP) is 1.68. The second kappa shape index (κ2) is 7.17. The molecular weight excluding hydrogens is 358 g/mol. The van der Waals surface area contributed by atoms with Crippen LogP contribution in [0.25, 0.3) is 0 Å². The molecule has 2 N–H and O–H groups in total. The minimum Gasteiger partial charge on any atom is -0.452 e. The molecule has 2 aromatic heterocycles. The van der Waals surface area contributed by atoms with Crippen LogP contribution in [0.3, 0.4) is 0 Å². The summed E-state index contributed by atoms with van der Waals surface area (Å²) in [7, 11) is -1.83. The van der Waals surface area contributed by atoms with E-state index >= 15 is 0 Å². The van der Waals surface area contributed by atoms with Crippen LogP contribution >= 0.6 is 15.9 Å². The van der Waals surface area contributed by atoms with Gasteiger partial charge >= 0.3 is 0 Å². The minimum atomic E-state index is -3.59. The molecule has 2 heterocycles. The third-order valence-electron chi connectivity index (χ3n) is 2.80. The topological polar surface area (TPSA) is 84.2 Å². The number of pyridine rings is 1. The number of rotatable bonds is 7. The molecule has 2 aromatic rings. The monoisotopic (exact) mass is 373 g/mol. The van der Waals surface area contributed by atoms with Gasteiger partial charge in [-0.15, -0.1) is 0 Å². The summed E-state index contributed by atoms with van der Waals surface area (Å²) >= 11 is 3.14. The molecule has 8 heteroatoms. The van der Waals surface area contributed by atoms with Gasteiger partial charge in [0.2, 0.25) is 10.0 Å². The normalized spacial score (nSPS) is 11.7.